The van der Waals surface area contributed by atoms with Gasteiger partial charge in [0.05, 0.1) is 11.6 Å². The molecule has 2 rings (SSSR count). The Hall–Kier alpha value is -2.01. The van der Waals surface area contributed by atoms with Crippen LogP contribution in [0.2, 0.25) is 0 Å². The number of halogens is 3. The Kier molecular flexibility index (Phi) is 4.53. The van der Waals surface area contributed by atoms with Gasteiger partial charge in [-0.15, -0.1) is 0 Å². The normalized spacial score (nSPS) is 13.0. The molecule has 0 radical (unpaired) electrons. The highest BCUT2D eigenvalue weighted by Gasteiger charge is 2.34. The number of para-hydroxylation sites is 1. The lowest BCUT2D eigenvalue weighted by Gasteiger charge is -2.17. The number of hydrogen-bond acceptors (Lipinski definition) is 2. The minimum atomic E-state index is -4.44. The van der Waals surface area contributed by atoms with E-state index in [1.165, 1.54) is 18.2 Å². The fourth-order valence-corrected chi connectivity index (χ4v) is 2.00. The fourth-order valence-electron chi connectivity index (χ4n) is 2.00. The van der Waals surface area contributed by atoms with E-state index in [4.69, 9.17) is 10.5 Å². The largest absolute Gasteiger partial charge is 0.491 e. The quantitative estimate of drug-likeness (QED) is 0.922. The Morgan fingerprint density at radius 2 is 1.81 bits per heavy atom. The van der Waals surface area contributed by atoms with Crippen LogP contribution in [0.1, 0.15) is 22.7 Å². The van der Waals surface area contributed by atoms with E-state index in [2.05, 4.69) is 0 Å². The van der Waals surface area contributed by atoms with Gasteiger partial charge >= 0.3 is 6.18 Å². The van der Waals surface area contributed by atoms with E-state index in [-0.39, 0.29) is 12.4 Å². The van der Waals surface area contributed by atoms with Crippen LogP contribution in [0.15, 0.2) is 48.5 Å². The highest BCUT2D eigenvalue weighted by Crippen LogP contribution is 2.36. The van der Waals surface area contributed by atoms with Crippen molar-refractivity contribution in [3.05, 3.63) is 65.2 Å². The molecule has 2 N–H and O–H groups in total. The zero-order valence-corrected chi connectivity index (χ0v) is 11.5. The van der Waals surface area contributed by atoms with Gasteiger partial charge < -0.3 is 10.5 Å². The van der Waals surface area contributed by atoms with Crippen molar-refractivity contribution in [1.29, 1.82) is 0 Å². The van der Waals surface area contributed by atoms with Gasteiger partial charge in [-0.3, -0.25) is 0 Å². The lowest BCUT2D eigenvalue weighted by molar-refractivity contribution is -0.139. The summed E-state index contributed by atoms with van der Waals surface area (Å²) in [6.07, 6.45) is -4.44. The first-order chi connectivity index (χ1) is 9.88. The van der Waals surface area contributed by atoms with Crippen LogP contribution in [0.3, 0.4) is 0 Å². The molecular weight excluding hydrogens is 279 g/mol. The molecule has 0 heterocycles. The number of benzene rings is 2. The summed E-state index contributed by atoms with van der Waals surface area (Å²) in [5.41, 5.74) is 7.05. The third kappa shape index (κ3) is 3.98. The Bertz CT molecular complexity index is 610. The van der Waals surface area contributed by atoms with Crippen LogP contribution in [0, 0.1) is 6.92 Å². The molecule has 0 aliphatic rings. The van der Waals surface area contributed by atoms with Crippen molar-refractivity contribution < 1.29 is 17.9 Å². The minimum absolute atomic E-state index is 0.0173. The van der Waals surface area contributed by atoms with Crippen LogP contribution in [-0.4, -0.2) is 6.61 Å². The number of rotatable bonds is 4. The van der Waals surface area contributed by atoms with Crippen molar-refractivity contribution in [2.24, 2.45) is 5.73 Å². The number of aryl methyl sites for hydroxylation is 1. The molecular formula is C16H16F3NO. The van der Waals surface area contributed by atoms with Crippen molar-refractivity contribution in [1.82, 2.24) is 0 Å². The maximum Gasteiger partial charge on any atom is 0.419 e. The van der Waals surface area contributed by atoms with Gasteiger partial charge in [-0.25, -0.2) is 0 Å². The molecule has 0 amide bonds. The van der Waals surface area contributed by atoms with E-state index < -0.39 is 17.8 Å². The Morgan fingerprint density at radius 3 is 2.48 bits per heavy atom. The van der Waals surface area contributed by atoms with Gasteiger partial charge in [0.1, 0.15) is 12.4 Å². The van der Waals surface area contributed by atoms with Crippen LogP contribution in [0.5, 0.6) is 5.75 Å². The monoisotopic (exact) mass is 295 g/mol. The molecule has 0 saturated carbocycles. The SMILES string of the molecule is Cc1cccc(C(N)COc2ccccc2C(F)(F)F)c1. The van der Waals surface area contributed by atoms with Gasteiger partial charge in [0.25, 0.3) is 0 Å². The average Bonchev–Trinajstić information content (AvgIpc) is 2.44. The fraction of sp³-hybridized carbons (Fsp3) is 0.250. The van der Waals surface area contributed by atoms with Crippen LogP contribution >= 0.6 is 0 Å². The number of ether oxygens (including phenoxy) is 1. The summed E-state index contributed by atoms with van der Waals surface area (Å²) in [5.74, 6) is -0.201. The topological polar surface area (TPSA) is 35.2 Å². The third-order valence-electron chi connectivity index (χ3n) is 3.08. The number of hydrogen-bond donors (Lipinski definition) is 1. The zero-order valence-electron chi connectivity index (χ0n) is 11.5. The second-order valence-corrected chi connectivity index (χ2v) is 4.83. The number of alkyl halides is 3. The Labute approximate surface area is 121 Å². The van der Waals surface area contributed by atoms with Crippen LogP contribution in [0.4, 0.5) is 13.2 Å². The Balaban J connectivity index is 2.10. The maximum atomic E-state index is 12.8. The lowest BCUT2D eigenvalue weighted by atomic mass is 10.1. The molecule has 0 saturated heterocycles. The van der Waals surface area contributed by atoms with E-state index in [0.29, 0.717) is 0 Å². The summed E-state index contributed by atoms with van der Waals surface area (Å²) in [7, 11) is 0. The summed E-state index contributed by atoms with van der Waals surface area (Å²) in [4.78, 5) is 0. The van der Waals surface area contributed by atoms with Crippen LogP contribution in [0.25, 0.3) is 0 Å². The zero-order chi connectivity index (χ0) is 15.5. The summed E-state index contributed by atoms with van der Waals surface area (Å²) in [6.45, 7) is 1.91. The molecule has 21 heavy (non-hydrogen) atoms. The van der Waals surface area contributed by atoms with Gasteiger partial charge in [-0.1, -0.05) is 42.0 Å². The molecule has 2 nitrogen and oxygen atoms in total. The maximum absolute atomic E-state index is 12.8. The molecule has 0 aliphatic heterocycles. The van der Waals surface area contributed by atoms with E-state index in [1.807, 2.05) is 31.2 Å². The second-order valence-electron chi connectivity index (χ2n) is 4.83. The van der Waals surface area contributed by atoms with Crippen LogP contribution in [-0.2, 0) is 6.18 Å². The van der Waals surface area contributed by atoms with Gasteiger partial charge in [0.15, 0.2) is 0 Å². The molecule has 1 atom stereocenters. The summed E-state index contributed by atoms with van der Waals surface area (Å²) in [6, 6.07) is 12.1. The second kappa shape index (κ2) is 6.18. The van der Waals surface area contributed by atoms with Crippen molar-refractivity contribution in [3.63, 3.8) is 0 Å². The molecule has 0 spiro atoms. The highest BCUT2D eigenvalue weighted by atomic mass is 19.4. The van der Waals surface area contributed by atoms with Crippen molar-refractivity contribution >= 4 is 0 Å². The standard InChI is InChI=1S/C16H16F3NO/c1-11-5-4-6-12(9-11)14(20)10-21-15-8-3-2-7-13(15)16(17,18)19/h2-9,14H,10,20H2,1H3. The van der Waals surface area contributed by atoms with Crippen LogP contribution < -0.4 is 10.5 Å². The molecule has 2 aromatic rings. The minimum Gasteiger partial charge on any atom is -0.491 e. The van der Waals surface area contributed by atoms with E-state index in [9.17, 15) is 13.2 Å². The Morgan fingerprint density at radius 1 is 1.10 bits per heavy atom. The van der Waals surface area contributed by atoms with Crippen molar-refractivity contribution in [3.8, 4) is 5.75 Å². The van der Waals surface area contributed by atoms with Gasteiger partial charge in [-0.05, 0) is 24.6 Å². The first-order valence-corrected chi connectivity index (χ1v) is 6.49. The summed E-state index contributed by atoms with van der Waals surface area (Å²) in [5, 5.41) is 0. The third-order valence-corrected chi connectivity index (χ3v) is 3.08. The van der Waals surface area contributed by atoms with Gasteiger partial charge in [0.2, 0.25) is 0 Å². The highest BCUT2D eigenvalue weighted by molar-refractivity contribution is 5.35. The predicted octanol–water partition coefficient (Wildman–Crippen LogP) is 4.09. The predicted molar refractivity (Wildman–Crippen MR) is 75.0 cm³/mol. The average molecular weight is 295 g/mol. The molecule has 2 aromatic carbocycles. The smallest absolute Gasteiger partial charge is 0.419 e. The molecule has 112 valence electrons. The molecule has 1 unspecified atom stereocenters. The molecule has 5 heteroatoms. The van der Waals surface area contributed by atoms with Crippen molar-refractivity contribution in [2.45, 2.75) is 19.1 Å². The van der Waals surface area contributed by atoms with E-state index in [0.717, 1.165) is 17.2 Å². The van der Waals surface area contributed by atoms with E-state index in [1.54, 1.807) is 0 Å². The lowest BCUT2D eigenvalue weighted by Crippen LogP contribution is -2.20. The molecule has 0 fully saturated rings. The van der Waals surface area contributed by atoms with Gasteiger partial charge in [0, 0.05) is 0 Å². The molecule has 0 aromatic heterocycles. The summed E-state index contributed by atoms with van der Waals surface area (Å²) >= 11 is 0. The first kappa shape index (κ1) is 15.4. The number of nitrogens with two attached hydrogens (primary N) is 1. The molecule has 0 aliphatic carbocycles. The summed E-state index contributed by atoms with van der Waals surface area (Å²) < 4.78 is 43.8. The van der Waals surface area contributed by atoms with Crippen molar-refractivity contribution in [2.75, 3.05) is 6.61 Å². The molecule has 0 bridgehead atoms. The van der Waals surface area contributed by atoms with E-state index >= 15 is 0 Å². The first-order valence-electron chi connectivity index (χ1n) is 6.49. The van der Waals surface area contributed by atoms with Gasteiger partial charge in [-0.2, -0.15) is 13.2 Å².